The Bertz CT molecular complexity index is 3210. The average Bonchev–Trinajstić information content (AvgIpc) is 3.71. The van der Waals surface area contributed by atoms with Crippen LogP contribution in [0.25, 0.3) is 71.7 Å². The molecule has 0 aliphatic heterocycles. The standard InChI is InChI=1S/C58H41NO/c1-3-16-44(17-4-1)51-21-9-11-24-55(51)58(38-14-13-23-54(58)45-18-5-2-6-19-45)59(49-33-28-42(29-34-49)47-27-26-41-15-7-8-20-46(41)39-47)50-35-30-43(31-36-50)48-32-37-57-53(40-48)52-22-10-12-25-56(52)60-57/h1-37,39-40H,38H2. The summed E-state index contributed by atoms with van der Waals surface area (Å²) in [6.45, 7) is 0. The van der Waals surface area contributed by atoms with E-state index in [9.17, 15) is 0 Å². The first-order valence-electron chi connectivity index (χ1n) is 20.7. The minimum atomic E-state index is -0.636. The van der Waals surface area contributed by atoms with Crippen molar-refractivity contribution >= 4 is 49.7 Å². The van der Waals surface area contributed by atoms with Crippen LogP contribution in [-0.4, -0.2) is 0 Å². The third kappa shape index (κ3) is 6.13. The molecule has 0 saturated heterocycles. The van der Waals surface area contributed by atoms with Gasteiger partial charge in [-0.25, -0.2) is 0 Å². The van der Waals surface area contributed by atoms with E-state index in [2.05, 4.69) is 229 Å². The number of allylic oxidation sites excluding steroid dienone is 2. The first-order chi connectivity index (χ1) is 29.7. The highest BCUT2D eigenvalue weighted by Gasteiger charge is 2.45. The van der Waals surface area contributed by atoms with Gasteiger partial charge in [0.1, 0.15) is 16.7 Å². The third-order valence-corrected chi connectivity index (χ3v) is 12.2. The second kappa shape index (κ2) is 14.9. The molecule has 1 heterocycles. The fraction of sp³-hybridized carbons (Fsp3) is 0.0345. The summed E-state index contributed by atoms with van der Waals surface area (Å²) in [7, 11) is 0. The van der Waals surface area contributed by atoms with E-state index in [1.54, 1.807) is 0 Å². The predicted molar refractivity (Wildman–Crippen MR) is 252 cm³/mol. The number of rotatable bonds is 8. The van der Waals surface area contributed by atoms with Gasteiger partial charge in [0.05, 0.1) is 0 Å². The van der Waals surface area contributed by atoms with Gasteiger partial charge >= 0.3 is 0 Å². The second-order valence-corrected chi connectivity index (χ2v) is 15.7. The van der Waals surface area contributed by atoms with E-state index in [0.717, 1.165) is 50.9 Å². The molecule has 2 heteroatoms. The van der Waals surface area contributed by atoms with Crippen LogP contribution >= 0.6 is 0 Å². The number of para-hydroxylation sites is 1. The molecule has 60 heavy (non-hydrogen) atoms. The minimum absolute atomic E-state index is 0.636. The molecule has 1 aliphatic carbocycles. The number of nitrogens with zero attached hydrogens (tertiary/aromatic N) is 1. The van der Waals surface area contributed by atoms with Gasteiger partial charge in [-0.15, -0.1) is 0 Å². The van der Waals surface area contributed by atoms with Crippen LogP contribution in [0, 0.1) is 0 Å². The van der Waals surface area contributed by atoms with Crippen LogP contribution < -0.4 is 4.90 Å². The van der Waals surface area contributed by atoms with Crippen molar-refractivity contribution in [1.82, 2.24) is 0 Å². The summed E-state index contributed by atoms with van der Waals surface area (Å²) < 4.78 is 6.19. The number of anilines is 2. The first kappa shape index (κ1) is 35.5. The van der Waals surface area contributed by atoms with Gasteiger partial charge in [-0.3, -0.25) is 0 Å². The number of benzene rings is 9. The molecule has 10 aromatic rings. The number of hydrogen-bond donors (Lipinski definition) is 0. The lowest BCUT2D eigenvalue weighted by molar-refractivity contribution is 0.568. The van der Waals surface area contributed by atoms with Crippen LogP contribution in [-0.2, 0) is 5.54 Å². The normalized spacial score (nSPS) is 15.0. The lowest BCUT2D eigenvalue weighted by Gasteiger charge is -2.49. The summed E-state index contributed by atoms with van der Waals surface area (Å²) in [5, 5.41) is 4.75. The van der Waals surface area contributed by atoms with Crippen molar-refractivity contribution in [2.45, 2.75) is 12.0 Å². The Morgan fingerprint density at radius 2 is 0.967 bits per heavy atom. The Kier molecular flexibility index (Phi) is 8.82. The smallest absolute Gasteiger partial charge is 0.135 e. The quantitative estimate of drug-likeness (QED) is 0.153. The SMILES string of the molecule is C1=CCC(c2ccccc2-c2ccccc2)(N(c2ccc(-c3ccc4ccccc4c3)cc2)c2ccc(-c3ccc4oc5ccccc5c4c3)cc2)C(c2ccccc2)=C1. The van der Waals surface area contributed by atoms with E-state index in [1.165, 1.54) is 49.7 Å². The zero-order chi connectivity index (χ0) is 39.9. The Morgan fingerprint density at radius 1 is 0.400 bits per heavy atom. The molecule has 0 radical (unpaired) electrons. The number of hydrogen-bond acceptors (Lipinski definition) is 2. The zero-order valence-electron chi connectivity index (χ0n) is 33.1. The van der Waals surface area contributed by atoms with E-state index in [-0.39, 0.29) is 0 Å². The van der Waals surface area contributed by atoms with Crippen molar-refractivity contribution in [2.75, 3.05) is 4.90 Å². The largest absolute Gasteiger partial charge is 0.456 e. The van der Waals surface area contributed by atoms with Crippen molar-refractivity contribution in [1.29, 1.82) is 0 Å². The monoisotopic (exact) mass is 767 g/mol. The third-order valence-electron chi connectivity index (χ3n) is 12.2. The van der Waals surface area contributed by atoms with E-state index in [1.807, 2.05) is 12.1 Å². The molecule has 284 valence electrons. The molecule has 0 N–H and O–H groups in total. The summed E-state index contributed by atoms with van der Waals surface area (Å²) in [4.78, 5) is 2.60. The Balaban J connectivity index is 1.12. The van der Waals surface area contributed by atoms with Crippen molar-refractivity contribution in [3.63, 3.8) is 0 Å². The molecule has 11 rings (SSSR count). The van der Waals surface area contributed by atoms with E-state index in [4.69, 9.17) is 4.42 Å². The molecule has 9 aromatic carbocycles. The lowest BCUT2D eigenvalue weighted by Crippen LogP contribution is -2.45. The van der Waals surface area contributed by atoms with Gasteiger partial charge in [0.25, 0.3) is 0 Å². The molecule has 0 bridgehead atoms. The Labute approximate surface area is 350 Å². The Morgan fingerprint density at radius 3 is 1.72 bits per heavy atom. The maximum absolute atomic E-state index is 6.19. The van der Waals surface area contributed by atoms with Gasteiger partial charge in [-0.2, -0.15) is 0 Å². The highest BCUT2D eigenvalue weighted by Crippen LogP contribution is 2.54. The molecule has 0 spiro atoms. The van der Waals surface area contributed by atoms with Crippen LogP contribution in [0.2, 0.25) is 0 Å². The van der Waals surface area contributed by atoms with Crippen molar-refractivity contribution in [3.8, 4) is 33.4 Å². The van der Waals surface area contributed by atoms with Gasteiger partial charge < -0.3 is 9.32 Å². The van der Waals surface area contributed by atoms with Gasteiger partial charge in [0.2, 0.25) is 0 Å². The second-order valence-electron chi connectivity index (χ2n) is 15.7. The lowest BCUT2D eigenvalue weighted by atomic mass is 9.70. The van der Waals surface area contributed by atoms with Gasteiger partial charge in [0, 0.05) is 22.1 Å². The first-order valence-corrected chi connectivity index (χ1v) is 20.7. The summed E-state index contributed by atoms with van der Waals surface area (Å²) >= 11 is 0. The zero-order valence-corrected chi connectivity index (χ0v) is 33.1. The molecule has 0 saturated carbocycles. The van der Waals surface area contributed by atoms with Crippen LogP contribution in [0.1, 0.15) is 17.5 Å². The summed E-state index contributed by atoms with van der Waals surface area (Å²) in [5.74, 6) is 0. The molecule has 1 atom stereocenters. The van der Waals surface area contributed by atoms with Crippen LogP contribution in [0.15, 0.2) is 241 Å². The predicted octanol–water partition coefficient (Wildman–Crippen LogP) is 15.8. The molecule has 1 aliphatic rings. The summed E-state index contributed by atoms with van der Waals surface area (Å²) in [6.07, 6.45) is 7.65. The highest BCUT2D eigenvalue weighted by atomic mass is 16.3. The van der Waals surface area contributed by atoms with Crippen LogP contribution in [0.4, 0.5) is 11.4 Å². The maximum atomic E-state index is 6.19. The topological polar surface area (TPSA) is 16.4 Å². The van der Waals surface area contributed by atoms with Crippen molar-refractivity contribution in [3.05, 3.63) is 248 Å². The van der Waals surface area contributed by atoms with E-state index < -0.39 is 5.54 Å². The van der Waals surface area contributed by atoms with Gasteiger partial charge in [-0.1, -0.05) is 188 Å². The highest BCUT2D eigenvalue weighted by molar-refractivity contribution is 6.06. The molecule has 0 fully saturated rings. The van der Waals surface area contributed by atoms with E-state index >= 15 is 0 Å². The Hall–Kier alpha value is -7.68. The van der Waals surface area contributed by atoms with Crippen LogP contribution in [0.3, 0.4) is 0 Å². The molecular weight excluding hydrogens is 727 g/mol. The molecule has 1 aromatic heterocycles. The fourth-order valence-corrected chi connectivity index (χ4v) is 9.37. The summed E-state index contributed by atoms with van der Waals surface area (Å²) in [5.41, 5.74) is 14.2. The summed E-state index contributed by atoms with van der Waals surface area (Å²) in [6, 6.07) is 79.2. The fourth-order valence-electron chi connectivity index (χ4n) is 9.37. The number of fused-ring (bicyclic) bond motifs is 4. The molecule has 2 nitrogen and oxygen atoms in total. The van der Waals surface area contributed by atoms with E-state index in [0.29, 0.717) is 0 Å². The number of furan rings is 1. The molecule has 0 amide bonds. The maximum Gasteiger partial charge on any atom is 0.135 e. The average molecular weight is 768 g/mol. The molecular formula is C58H41NO. The van der Waals surface area contributed by atoms with Gasteiger partial charge in [0.15, 0.2) is 0 Å². The minimum Gasteiger partial charge on any atom is -0.456 e. The molecule has 1 unspecified atom stereocenters. The van der Waals surface area contributed by atoms with Crippen LogP contribution in [0.5, 0.6) is 0 Å². The van der Waals surface area contributed by atoms with Crippen molar-refractivity contribution in [2.24, 2.45) is 0 Å². The van der Waals surface area contributed by atoms with Gasteiger partial charge in [-0.05, 0) is 116 Å². The van der Waals surface area contributed by atoms with Crippen molar-refractivity contribution < 1.29 is 4.42 Å².